The quantitative estimate of drug-likeness (QED) is 0.431. The molecule has 0 aliphatic carbocycles. The molecule has 1 unspecified atom stereocenters. The van der Waals surface area contributed by atoms with E-state index in [1.165, 1.54) is 0 Å². The van der Waals surface area contributed by atoms with Crippen molar-refractivity contribution in [2.45, 2.75) is 25.2 Å². The zero-order valence-corrected chi connectivity index (χ0v) is 18.5. The Kier molecular flexibility index (Phi) is 6.35. The van der Waals surface area contributed by atoms with Crippen LogP contribution in [0.2, 0.25) is 5.02 Å². The van der Waals surface area contributed by atoms with E-state index in [9.17, 15) is 13.2 Å². The van der Waals surface area contributed by atoms with E-state index in [1.54, 1.807) is 26.4 Å². The molecule has 1 aliphatic rings. The van der Waals surface area contributed by atoms with Gasteiger partial charge < -0.3 is 9.47 Å². The van der Waals surface area contributed by atoms with Gasteiger partial charge in [0.15, 0.2) is 11.5 Å². The number of nitrogens with zero attached hydrogens (tertiary/aromatic N) is 1. The molecule has 1 atom stereocenters. The van der Waals surface area contributed by atoms with Gasteiger partial charge in [0.05, 0.1) is 25.8 Å². The summed E-state index contributed by atoms with van der Waals surface area (Å²) in [5, 5.41) is 0.629. The van der Waals surface area contributed by atoms with Gasteiger partial charge in [-0.2, -0.15) is 13.2 Å². The van der Waals surface area contributed by atoms with Gasteiger partial charge in [0.25, 0.3) is 0 Å². The second-order valence-electron chi connectivity index (χ2n) is 7.78. The highest BCUT2D eigenvalue weighted by Gasteiger charge is 2.32. The van der Waals surface area contributed by atoms with Crippen LogP contribution in [0.25, 0.3) is 0 Å². The number of rotatable bonds is 5. The summed E-state index contributed by atoms with van der Waals surface area (Å²) in [4.78, 5) is 2.25. The van der Waals surface area contributed by atoms with E-state index in [0.29, 0.717) is 23.1 Å². The molecule has 3 aromatic rings. The molecule has 4 rings (SSSR count). The predicted octanol–water partition coefficient (Wildman–Crippen LogP) is 6.52. The minimum absolute atomic E-state index is 0.125. The molecule has 0 saturated heterocycles. The van der Waals surface area contributed by atoms with Crippen molar-refractivity contribution in [3.05, 3.63) is 93.5 Å². The Balaban J connectivity index is 1.74. The van der Waals surface area contributed by atoms with Crippen molar-refractivity contribution in [2.24, 2.45) is 0 Å². The number of methoxy groups -OCH3 is 2. The SMILES string of the molecule is COc1cc2c(cc1OC)C(c1cccc(Cl)c1)N(Cc1ccc(C(F)(F)F)cc1)CC2. The van der Waals surface area contributed by atoms with E-state index in [4.69, 9.17) is 21.1 Å². The molecule has 3 nitrogen and oxygen atoms in total. The third-order valence-corrected chi connectivity index (χ3v) is 6.04. The first-order chi connectivity index (χ1) is 15.3. The smallest absolute Gasteiger partial charge is 0.416 e. The number of hydrogen-bond acceptors (Lipinski definition) is 3. The van der Waals surface area contributed by atoms with Crippen molar-refractivity contribution in [1.82, 2.24) is 4.90 Å². The lowest BCUT2D eigenvalue weighted by Crippen LogP contribution is -2.35. The van der Waals surface area contributed by atoms with Crippen molar-refractivity contribution in [1.29, 1.82) is 0 Å². The maximum Gasteiger partial charge on any atom is 0.416 e. The fourth-order valence-corrected chi connectivity index (χ4v) is 4.47. The fraction of sp³-hybridized carbons (Fsp3) is 0.280. The molecule has 3 aromatic carbocycles. The summed E-state index contributed by atoms with van der Waals surface area (Å²) in [6.45, 7) is 1.24. The molecular weight excluding hydrogens is 439 g/mol. The number of benzene rings is 3. The van der Waals surface area contributed by atoms with Crippen molar-refractivity contribution in [3.63, 3.8) is 0 Å². The van der Waals surface area contributed by atoms with Crippen LogP contribution in [0.15, 0.2) is 60.7 Å². The molecule has 0 bridgehead atoms. The molecule has 0 radical (unpaired) electrons. The highest BCUT2D eigenvalue weighted by molar-refractivity contribution is 6.30. The molecular formula is C25H23ClF3NO2. The Morgan fingerprint density at radius 3 is 2.28 bits per heavy atom. The average molecular weight is 462 g/mol. The van der Waals surface area contributed by atoms with Crippen LogP contribution in [-0.2, 0) is 19.1 Å². The highest BCUT2D eigenvalue weighted by Crippen LogP contribution is 2.42. The molecule has 1 aliphatic heterocycles. The Bertz CT molecular complexity index is 1100. The first-order valence-electron chi connectivity index (χ1n) is 10.2. The van der Waals surface area contributed by atoms with E-state index < -0.39 is 11.7 Å². The van der Waals surface area contributed by atoms with Crippen molar-refractivity contribution >= 4 is 11.6 Å². The summed E-state index contributed by atoms with van der Waals surface area (Å²) in [7, 11) is 3.21. The van der Waals surface area contributed by atoms with Crippen LogP contribution in [0.1, 0.15) is 33.9 Å². The van der Waals surface area contributed by atoms with Gasteiger partial charge in [0, 0.05) is 18.1 Å². The van der Waals surface area contributed by atoms with Gasteiger partial charge in [-0.1, -0.05) is 35.9 Å². The van der Waals surface area contributed by atoms with Crippen LogP contribution in [-0.4, -0.2) is 25.7 Å². The number of ether oxygens (including phenoxy) is 2. The number of hydrogen-bond donors (Lipinski definition) is 0. The van der Waals surface area contributed by atoms with E-state index >= 15 is 0 Å². The summed E-state index contributed by atoms with van der Waals surface area (Å²) in [6, 6.07) is 16.9. The lowest BCUT2D eigenvalue weighted by atomic mass is 9.87. The minimum atomic E-state index is -4.35. The van der Waals surface area contributed by atoms with Gasteiger partial charge in [-0.3, -0.25) is 4.90 Å². The molecule has 0 saturated carbocycles. The largest absolute Gasteiger partial charge is 0.493 e. The number of alkyl halides is 3. The second-order valence-corrected chi connectivity index (χ2v) is 8.22. The molecule has 1 heterocycles. The standard InChI is InChI=1S/C25H23ClF3NO2/c1-31-22-13-17-10-11-30(15-16-6-8-19(9-7-16)25(27,28)29)24(21(17)14-23(22)32-2)18-4-3-5-20(26)12-18/h3-9,12-14,24H,10-11,15H2,1-2H3. The highest BCUT2D eigenvalue weighted by atomic mass is 35.5. The van der Waals surface area contributed by atoms with Crippen LogP contribution in [0.5, 0.6) is 11.5 Å². The van der Waals surface area contributed by atoms with Gasteiger partial charge in [-0.15, -0.1) is 0 Å². The van der Waals surface area contributed by atoms with Gasteiger partial charge in [-0.25, -0.2) is 0 Å². The third-order valence-electron chi connectivity index (χ3n) is 5.80. The van der Waals surface area contributed by atoms with Gasteiger partial charge >= 0.3 is 6.18 Å². The molecule has 0 aromatic heterocycles. The maximum atomic E-state index is 13.0. The molecule has 168 valence electrons. The predicted molar refractivity (Wildman–Crippen MR) is 118 cm³/mol. The first kappa shape index (κ1) is 22.5. The van der Waals surface area contributed by atoms with Gasteiger partial charge in [-0.05, 0) is 65.1 Å². The molecule has 0 fully saturated rings. The van der Waals surface area contributed by atoms with Gasteiger partial charge in [0.1, 0.15) is 0 Å². The van der Waals surface area contributed by atoms with E-state index in [1.807, 2.05) is 36.4 Å². The zero-order valence-electron chi connectivity index (χ0n) is 17.7. The third kappa shape index (κ3) is 4.57. The van der Waals surface area contributed by atoms with Crippen molar-refractivity contribution in [2.75, 3.05) is 20.8 Å². The fourth-order valence-electron chi connectivity index (χ4n) is 4.27. The van der Waals surface area contributed by atoms with Crippen molar-refractivity contribution in [3.8, 4) is 11.5 Å². The summed E-state index contributed by atoms with van der Waals surface area (Å²) in [5.74, 6) is 1.31. The Hall–Kier alpha value is -2.70. The van der Waals surface area contributed by atoms with Gasteiger partial charge in [0.2, 0.25) is 0 Å². The normalized spacial score (nSPS) is 16.5. The molecule has 0 spiro atoms. The van der Waals surface area contributed by atoms with Crippen LogP contribution in [0.3, 0.4) is 0 Å². The lowest BCUT2D eigenvalue weighted by molar-refractivity contribution is -0.137. The summed E-state index contributed by atoms with van der Waals surface area (Å²) in [6.07, 6.45) is -3.56. The Morgan fingerprint density at radius 1 is 0.969 bits per heavy atom. The van der Waals surface area contributed by atoms with Crippen LogP contribution in [0, 0.1) is 0 Å². The van der Waals surface area contributed by atoms with Crippen LogP contribution >= 0.6 is 11.6 Å². The first-order valence-corrected chi connectivity index (χ1v) is 10.6. The molecule has 0 amide bonds. The molecule has 7 heteroatoms. The summed E-state index contributed by atoms with van der Waals surface area (Å²) in [5.41, 5.74) is 3.40. The second kappa shape index (κ2) is 9.04. The topological polar surface area (TPSA) is 21.7 Å². The number of fused-ring (bicyclic) bond motifs is 1. The zero-order chi connectivity index (χ0) is 22.9. The van der Waals surface area contributed by atoms with Crippen molar-refractivity contribution < 1.29 is 22.6 Å². The monoisotopic (exact) mass is 461 g/mol. The van der Waals surface area contributed by atoms with Crippen LogP contribution < -0.4 is 9.47 Å². The summed E-state index contributed by atoms with van der Waals surface area (Å²) < 4.78 is 49.9. The number of halogens is 4. The van der Waals surface area contributed by atoms with E-state index in [-0.39, 0.29) is 6.04 Å². The van der Waals surface area contributed by atoms with E-state index in [2.05, 4.69) is 4.90 Å². The summed E-state index contributed by atoms with van der Waals surface area (Å²) >= 11 is 6.30. The lowest BCUT2D eigenvalue weighted by Gasteiger charge is -2.38. The average Bonchev–Trinajstić information content (AvgIpc) is 2.77. The maximum absolute atomic E-state index is 13.0. The Labute approximate surface area is 190 Å². The van der Waals surface area contributed by atoms with E-state index in [0.717, 1.165) is 47.4 Å². The molecule has 0 N–H and O–H groups in total. The Morgan fingerprint density at radius 2 is 1.66 bits per heavy atom. The van der Waals surface area contributed by atoms with Crippen LogP contribution in [0.4, 0.5) is 13.2 Å². The minimum Gasteiger partial charge on any atom is -0.493 e. The molecule has 32 heavy (non-hydrogen) atoms.